The zero-order chi connectivity index (χ0) is 12.5. The SMILES string of the molecule is Cc1cccc(Oc2cccc3nccn23)c1N. The van der Waals surface area contributed by atoms with Crippen molar-refractivity contribution in [2.75, 3.05) is 5.73 Å². The molecule has 3 aromatic rings. The molecule has 0 amide bonds. The Morgan fingerprint density at radius 1 is 1.17 bits per heavy atom. The van der Waals surface area contributed by atoms with Crippen LogP contribution in [0.15, 0.2) is 48.8 Å². The molecule has 0 aliphatic heterocycles. The first-order chi connectivity index (χ1) is 8.75. The number of aromatic nitrogens is 2. The summed E-state index contributed by atoms with van der Waals surface area (Å²) in [4.78, 5) is 4.21. The Morgan fingerprint density at radius 2 is 2.00 bits per heavy atom. The molecule has 18 heavy (non-hydrogen) atoms. The molecular weight excluding hydrogens is 226 g/mol. The van der Waals surface area contributed by atoms with Gasteiger partial charge >= 0.3 is 0 Å². The number of nitrogens with two attached hydrogens (primary N) is 1. The van der Waals surface area contributed by atoms with Crippen LogP contribution >= 0.6 is 0 Å². The molecule has 2 N–H and O–H groups in total. The maximum absolute atomic E-state index is 6.00. The summed E-state index contributed by atoms with van der Waals surface area (Å²) in [6.45, 7) is 1.96. The molecule has 0 saturated heterocycles. The summed E-state index contributed by atoms with van der Waals surface area (Å²) in [5.74, 6) is 1.36. The zero-order valence-corrected chi connectivity index (χ0v) is 10.00. The Morgan fingerprint density at radius 3 is 2.89 bits per heavy atom. The Balaban J connectivity index is 2.06. The summed E-state index contributed by atoms with van der Waals surface area (Å²) >= 11 is 0. The topological polar surface area (TPSA) is 52.5 Å². The number of nitrogen functional groups attached to an aromatic ring is 1. The quantitative estimate of drug-likeness (QED) is 0.699. The molecule has 2 aromatic heterocycles. The lowest BCUT2D eigenvalue weighted by Crippen LogP contribution is -1.97. The highest BCUT2D eigenvalue weighted by Gasteiger charge is 2.06. The normalized spacial score (nSPS) is 10.7. The summed E-state index contributed by atoms with van der Waals surface area (Å²) in [6.07, 6.45) is 3.60. The van der Waals surface area contributed by atoms with Crippen LogP contribution in [0.1, 0.15) is 5.56 Å². The maximum Gasteiger partial charge on any atom is 0.205 e. The van der Waals surface area contributed by atoms with Crippen molar-refractivity contribution in [2.24, 2.45) is 0 Å². The lowest BCUT2D eigenvalue weighted by Gasteiger charge is -2.11. The number of anilines is 1. The van der Waals surface area contributed by atoms with Crippen LogP contribution in [0.5, 0.6) is 11.6 Å². The van der Waals surface area contributed by atoms with Gasteiger partial charge in [0.2, 0.25) is 5.88 Å². The van der Waals surface area contributed by atoms with Crippen LogP contribution < -0.4 is 10.5 Å². The van der Waals surface area contributed by atoms with E-state index in [1.807, 2.05) is 53.9 Å². The first-order valence-corrected chi connectivity index (χ1v) is 5.71. The summed E-state index contributed by atoms with van der Waals surface area (Å²) in [5.41, 5.74) is 8.51. The van der Waals surface area contributed by atoms with E-state index < -0.39 is 0 Å². The smallest absolute Gasteiger partial charge is 0.205 e. The Hall–Kier alpha value is -2.49. The second-order valence-corrected chi connectivity index (χ2v) is 4.11. The molecular formula is C14H13N3O. The Labute approximate surface area is 105 Å². The van der Waals surface area contributed by atoms with Gasteiger partial charge in [0.25, 0.3) is 0 Å². The number of para-hydroxylation sites is 1. The van der Waals surface area contributed by atoms with Gasteiger partial charge in [-0.05, 0) is 30.7 Å². The third-order valence-corrected chi connectivity index (χ3v) is 2.89. The standard InChI is InChI=1S/C14H13N3O/c1-10-4-2-5-11(14(10)15)18-13-7-3-6-12-16-8-9-17(12)13/h2-9H,15H2,1H3. The molecule has 0 aliphatic rings. The van der Waals surface area contributed by atoms with Crippen molar-refractivity contribution in [1.29, 1.82) is 0 Å². The van der Waals surface area contributed by atoms with Crippen LogP contribution in [0.4, 0.5) is 5.69 Å². The number of ether oxygens (including phenoxy) is 1. The van der Waals surface area contributed by atoms with Crippen molar-refractivity contribution in [2.45, 2.75) is 6.92 Å². The number of pyridine rings is 1. The highest BCUT2D eigenvalue weighted by molar-refractivity contribution is 5.59. The summed E-state index contributed by atoms with van der Waals surface area (Å²) < 4.78 is 7.74. The number of benzene rings is 1. The summed E-state index contributed by atoms with van der Waals surface area (Å²) in [6, 6.07) is 11.5. The minimum Gasteiger partial charge on any atom is -0.438 e. The summed E-state index contributed by atoms with van der Waals surface area (Å²) in [7, 11) is 0. The molecule has 0 unspecified atom stereocenters. The van der Waals surface area contributed by atoms with Gasteiger partial charge in [0.1, 0.15) is 5.65 Å². The van der Waals surface area contributed by atoms with Gasteiger partial charge in [-0.25, -0.2) is 4.98 Å². The van der Waals surface area contributed by atoms with Crippen molar-refractivity contribution in [3.63, 3.8) is 0 Å². The number of nitrogens with zero attached hydrogens (tertiary/aromatic N) is 2. The minimum absolute atomic E-state index is 0.662. The molecule has 0 aliphatic carbocycles. The maximum atomic E-state index is 6.00. The second-order valence-electron chi connectivity index (χ2n) is 4.11. The van der Waals surface area contributed by atoms with E-state index in [1.54, 1.807) is 6.20 Å². The van der Waals surface area contributed by atoms with Crippen molar-refractivity contribution in [3.05, 3.63) is 54.4 Å². The number of fused-ring (bicyclic) bond motifs is 1. The van der Waals surface area contributed by atoms with Gasteiger partial charge in [0.05, 0.1) is 5.69 Å². The monoisotopic (exact) mass is 239 g/mol. The molecule has 4 nitrogen and oxygen atoms in total. The van der Waals surface area contributed by atoms with Crippen molar-refractivity contribution >= 4 is 11.3 Å². The lowest BCUT2D eigenvalue weighted by molar-refractivity contribution is 0.458. The predicted molar refractivity (Wildman–Crippen MR) is 70.9 cm³/mol. The van der Waals surface area contributed by atoms with Crippen LogP contribution in [0.3, 0.4) is 0 Å². The third-order valence-electron chi connectivity index (χ3n) is 2.89. The van der Waals surface area contributed by atoms with E-state index in [0.29, 0.717) is 17.3 Å². The molecule has 2 heterocycles. The van der Waals surface area contributed by atoms with Gasteiger partial charge in [-0.15, -0.1) is 0 Å². The molecule has 0 spiro atoms. The first kappa shape index (κ1) is 10.7. The number of hydrogen-bond donors (Lipinski definition) is 1. The van der Waals surface area contributed by atoms with Gasteiger partial charge < -0.3 is 10.5 Å². The lowest BCUT2D eigenvalue weighted by atomic mass is 10.2. The van der Waals surface area contributed by atoms with E-state index in [-0.39, 0.29) is 0 Å². The molecule has 1 aromatic carbocycles. The molecule has 0 radical (unpaired) electrons. The van der Waals surface area contributed by atoms with E-state index in [1.165, 1.54) is 0 Å². The number of aryl methyl sites for hydroxylation is 1. The van der Waals surface area contributed by atoms with Crippen molar-refractivity contribution in [3.8, 4) is 11.6 Å². The van der Waals surface area contributed by atoms with Crippen LogP contribution in [0.2, 0.25) is 0 Å². The number of rotatable bonds is 2. The highest BCUT2D eigenvalue weighted by Crippen LogP contribution is 2.29. The molecule has 4 heteroatoms. The van der Waals surface area contributed by atoms with E-state index in [2.05, 4.69) is 4.98 Å². The molecule has 0 atom stereocenters. The van der Waals surface area contributed by atoms with Gasteiger partial charge in [0, 0.05) is 12.4 Å². The molecule has 0 saturated carbocycles. The average molecular weight is 239 g/mol. The van der Waals surface area contributed by atoms with Crippen LogP contribution in [-0.4, -0.2) is 9.38 Å². The number of hydrogen-bond acceptors (Lipinski definition) is 3. The van der Waals surface area contributed by atoms with Crippen molar-refractivity contribution < 1.29 is 4.74 Å². The molecule has 90 valence electrons. The first-order valence-electron chi connectivity index (χ1n) is 5.71. The zero-order valence-electron chi connectivity index (χ0n) is 10.00. The van der Waals surface area contributed by atoms with Gasteiger partial charge in [-0.1, -0.05) is 18.2 Å². The fourth-order valence-electron chi connectivity index (χ4n) is 1.86. The highest BCUT2D eigenvalue weighted by atomic mass is 16.5. The van der Waals surface area contributed by atoms with E-state index in [4.69, 9.17) is 10.5 Å². The number of imidazole rings is 1. The van der Waals surface area contributed by atoms with E-state index >= 15 is 0 Å². The summed E-state index contributed by atoms with van der Waals surface area (Å²) in [5, 5.41) is 0. The molecule has 3 rings (SSSR count). The fourth-order valence-corrected chi connectivity index (χ4v) is 1.86. The minimum atomic E-state index is 0.662. The Bertz CT molecular complexity index is 703. The van der Waals surface area contributed by atoms with Gasteiger partial charge in [-0.2, -0.15) is 0 Å². The van der Waals surface area contributed by atoms with Crippen LogP contribution in [0, 0.1) is 6.92 Å². The second kappa shape index (κ2) is 4.07. The fraction of sp³-hybridized carbons (Fsp3) is 0.0714. The molecule has 0 bridgehead atoms. The van der Waals surface area contributed by atoms with Crippen molar-refractivity contribution in [1.82, 2.24) is 9.38 Å². The predicted octanol–water partition coefficient (Wildman–Crippen LogP) is 3.02. The van der Waals surface area contributed by atoms with Gasteiger partial charge in [-0.3, -0.25) is 4.40 Å². The largest absolute Gasteiger partial charge is 0.438 e. The van der Waals surface area contributed by atoms with Crippen LogP contribution in [-0.2, 0) is 0 Å². The van der Waals surface area contributed by atoms with E-state index in [9.17, 15) is 0 Å². The Kier molecular flexibility index (Phi) is 2.41. The van der Waals surface area contributed by atoms with Gasteiger partial charge in [0.15, 0.2) is 5.75 Å². The average Bonchev–Trinajstić information content (AvgIpc) is 2.84. The van der Waals surface area contributed by atoms with E-state index in [0.717, 1.165) is 11.2 Å². The van der Waals surface area contributed by atoms with Crippen LogP contribution in [0.25, 0.3) is 5.65 Å². The third kappa shape index (κ3) is 1.68. The molecule has 0 fully saturated rings.